The van der Waals surface area contributed by atoms with Crippen molar-refractivity contribution in [2.24, 2.45) is 0 Å². The van der Waals surface area contributed by atoms with E-state index in [1.807, 2.05) is 0 Å². The van der Waals surface area contributed by atoms with E-state index in [2.05, 4.69) is 9.97 Å². The summed E-state index contributed by atoms with van der Waals surface area (Å²) in [7, 11) is 0. The van der Waals surface area contributed by atoms with E-state index >= 15 is 0 Å². The first kappa shape index (κ1) is 21.0. The van der Waals surface area contributed by atoms with Gasteiger partial charge in [-0.05, 0) is 26.8 Å². The zero-order valence-corrected chi connectivity index (χ0v) is 14.8. The van der Waals surface area contributed by atoms with Gasteiger partial charge in [0.15, 0.2) is 11.4 Å². The van der Waals surface area contributed by atoms with Gasteiger partial charge in [-0.1, -0.05) is 0 Å². The van der Waals surface area contributed by atoms with E-state index in [-0.39, 0.29) is 32.2 Å². The van der Waals surface area contributed by atoms with Crippen molar-refractivity contribution in [1.29, 1.82) is 0 Å². The average Bonchev–Trinajstić information content (AvgIpc) is 2.51. The number of amides is 1. The lowest BCUT2D eigenvalue weighted by molar-refractivity contribution is -0.147. The third-order valence-corrected chi connectivity index (χ3v) is 3.51. The Morgan fingerprint density at radius 1 is 0.926 bits per heavy atom. The number of hydrogen-bond donors (Lipinski definition) is 0. The minimum atomic E-state index is -5.05. The zero-order chi connectivity index (χ0) is 20.6. The van der Waals surface area contributed by atoms with Crippen molar-refractivity contribution >= 4 is 12.0 Å². The Bertz CT molecular complexity index is 659. The minimum Gasteiger partial charge on any atom is -0.444 e. The van der Waals surface area contributed by atoms with Crippen LogP contribution >= 0.6 is 0 Å². The van der Waals surface area contributed by atoms with Gasteiger partial charge in [-0.25, -0.2) is 14.8 Å². The molecule has 0 N–H and O–H groups in total. The Balaban J connectivity index is 2.19. The zero-order valence-electron chi connectivity index (χ0n) is 14.8. The molecule has 0 saturated carbocycles. The van der Waals surface area contributed by atoms with Gasteiger partial charge in [0.05, 0.1) is 0 Å². The number of piperazine rings is 1. The fraction of sp³-hybridized carbons (Fsp3) is 0.667. The smallest absolute Gasteiger partial charge is 0.433 e. The first-order valence-corrected chi connectivity index (χ1v) is 7.93. The summed E-state index contributed by atoms with van der Waals surface area (Å²) in [5, 5.41) is 0. The van der Waals surface area contributed by atoms with Gasteiger partial charge >= 0.3 is 18.4 Å². The Morgan fingerprint density at radius 2 is 1.37 bits per heavy atom. The number of rotatable bonds is 1. The highest BCUT2D eigenvalue weighted by Gasteiger charge is 2.40. The summed E-state index contributed by atoms with van der Waals surface area (Å²) in [6.07, 6.45) is -10.7. The predicted octanol–water partition coefficient (Wildman–Crippen LogP) is 3.57. The number of nitrogens with zero attached hydrogens (tertiary/aromatic N) is 4. The van der Waals surface area contributed by atoms with Crippen LogP contribution in [0, 0.1) is 0 Å². The molecule has 0 aromatic carbocycles. The van der Waals surface area contributed by atoms with E-state index in [1.54, 1.807) is 20.8 Å². The number of carbonyl (C=O) groups is 1. The van der Waals surface area contributed by atoms with Gasteiger partial charge in [0, 0.05) is 26.2 Å². The number of alkyl halides is 6. The SMILES string of the molecule is CC(C)(C)OC(=O)N1CCN(c2nc(C(F)(F)F)cc(C(F)(F)F)n2)CC1. The molecule has 1 aliphatic heterocycles. The second kappa shape index (κ2) is 7.04. The van der Waals surface area contributed by atoms with Crippen LogP contribution in [-0.4, -0.2) is 52.7 Å². The third kappa shape index (κ3) is 5.60. The molecular formula is C15H18F6N4O2. The van der Waals surface area contributed by atoms with Crippen molar-refractivity contribution in [3.63, 3.8) is 0 Å². The average molecular weight is 400 g/mol. The highest BCUT2D eigenvalue weighted by molar-refractivity contribution is 5.68. The summed E-state index contributed by atoms with van der Waals surface area (Å²) in [5.41, 5.74) is -4.07. The first-order chi connectivity index (χ1) is 12.2. The molecule has 152 valence electrons. The van der Waals surface area contributed by atoms with Gasteiger partial charge in [0.2, 0.25) is 5.95 Å². The van der Waals surface area contributed by atoms with Gasteiger partial charge in [0.1, 0.15) is 5.60 Å². The first-order valence-electron chi connectivity index (χ1n) is 7.93. The number of carbonyl (C=O) groups excluding carboxylic acids is 1. The van der Waals surface area contributed by atoms with E-state index in [4.69, 9.17) is 4.74 Å². The van der Waals surface area contributed by atoms with Crippen LogP contribution < -0.4 is 4.90 Å². The Morgan fingerprint density at radius 3 is 1.74 bits per heavy atom. The lowest BCUT2D eigenvalue weighted by atomic mass is 10.2. The van der Waals surface area contributed by atoms with Crippen LogP contribution in [0.1, 0.15) is 32.2 Å². The largest absolute Gasteiger partial charge is 0.444 e. The molecule has 0 aliphatic carbocycles. The van der Waals surface area contributed by atoms with Crippen LogP contribution in [0.3, 0.4) is 0 Å². The van der Waals surface area contributed by atoms with E-state index in [0.29, 0.717) is 0 Å². The number of halogens is 6. The van der Waals surface area contributed by atoms with Crippen LogP contribution in [0.5, 0.6) is 0 Å². The molecule has 1 fully saturated rings. The van der Waals surface area contributed by atoms with Crippen LogP contribution in [-0.2, 0) is 17.1 Å². The molecule has 6 nitrogen and oxygen atoms in total. The lowest BCUT2D eigenvalue weighted by Crippen LogP contribution is -2.50. The summed E-state index contributed by atoms with van der Waals surface area (Å²) in [6, 6.07) is -0.125. The molecule has 0 atom stereocenters. The molecule has 0 radical (unpaired) electrons. The quantitative estimate of drug-likeness (QED) is 0.675. The fourth-order valence-electron chi connectivity index (χ4n) is 2.28. The lowest BCUT2D eigenvalue weighted by Gasteiger charge is -2.35. The molecule has 1 aliphatic rings. The molecule has 1 saturated heterocycles. The van der Waals surface area contributed by atoms with Crippen LogP contribution in [0.4, 0.5) is 37.1 Å². The van der Waals surface area contributed by atoms with Gasteiger partial charge in [-0.15, -0.1) is 0 Å². The molecular weight excluding hydrogens is 382 g/mol. The van der Waals surface area contributed by atoms with Gasteiger partial charge in [-0.3, -0.25) is 0 Å². The Hall–Kier alpha value is -2.27. The number of anilines is 1. The summed E-state index contributed by atoms with van der Waals surface area (Å²) in [4.78, 5) is 20.9. The summed E-state index contributed by atoms with van der Waals surface area (Å²) < 4.78 is 82.5. The fourth-order valence-corrected chi connectivity index (χ4v) is 2.28. The standard InChI is InChI=1S/C15H18F6N4O2/c1-13(2,3)27-12(26)25-6-4-24(5-7-25)11-22-9(14(16,17)18)8-10(23-11)15(19,20)21/h8H,4-7H2,1-3H3. The summed E-state index contributed by atoms with van der Waals surface area (Å²) >= 11 is 0. The normalized spacial score (nSPS) is 16.5. The molecule has 1 aromatic rings. The second-order valence-electron chi connectivity index (χ2n) is 6.89. The van der Waals surface area contributed by atoms with Gasteiger partial charge in [-0.2, -0.15) is 26.3 Å². The van der Waals surface area contributed by atoms with Crippen molar-refractivity contribution < 1.29 is 35.9 Å². The molecule has 2 heterocycles. The van der Waals surface area contributed by atoms with Gasteiger partial charge in [0.25, 0.3) is 0 Å². The van der Waals surface area contributed by atoms with Gasteiger partial charge < -0.3 is 14.5 Å². The topological polar surface area (TPSA) is 58.6 Å². The molecule has 1 aromatic heterocycles. The van der Waals surface area contributed by atoms with Crippen molar-refractivity contribution in [3.8, 4) is 0 Å². The summed E-state index contributed by atoms with van der Waals surface area (Å²) in [6.45, 7) is 5.07. The number of ether oxygens (including phenoxy) is 1. The van der Waals surface area contributed by atoms with Crippen molar-refractivity contribution in [2.45, 2.75) is 38.7 Å². The Kier molecular flexibility index (Phi) is 5.48. The van der Waals surface area contributed by atoms with Crippen molar-refractivity contribution in [3.05, 3.63) is 17.5 Å². The maximum absolute atomic E-state index is 12.9. The molecule has 27 heavy (non-hydrogen) atoms. The summed E-state index contributed by atoms with van der Waals surface area (Å²) in [5.74, 6) is -0.680. The minimum absolute atomic E-state index is 0.0299. The van der Waals surface area contributed by atoms with Crippen LogP contribution in [0.2, 0.25) is 0 Å². The number of hydrogen-bond acceptors (Lipinski definition) is 5. The van der Waals surface area contributed by atoms with E-state index in [1.165, 1.54) is 9.80 Å². The Labute approximate surface area is 151 Å². The van der Waals surface area contributed by atoms with E-state index in [0.717, 1.165) is 0 Å². The second-order valence-corrected chi connectivity index (χ2v) is 6.89. The van der Waals surface area contributed by atoms with Crippen LogP contribution in [0.25, 0.3) is 0 Å². The predicted molar refractivity (Wildman–Crippen MR) is 82.1 cm³/mol. The highest BCUT2D eigenvalue weighted by atomic mass is 19.4. The molecule has 1 amide bonds. The molecule has 0 unspecified atom stereocenters. The molecule has 2 rings (SSSR count). The molecule has 0 spiro atoms. The highest BCUT2D eigenvalue weighted by Crippen LogP contribution is 2.34. The van der Waals surface area contributed by atoms with E-state index < -0.39 is 41.4 Å². The van der Waals surface area contributed by atoms with Crippen LogP contribution in [0.15, 0.2) is 6.07 Å². The number of aromatic nitrogens is 2. The maximum Gasteiger partial charge on any atom is 0.433 e. The van der Waals surface area contributed by atoms with Crippen molar-refractivity contribution in [2.75, 3.05) is 31.1 Å². The maximum atomic E-state index is 12.9. The van der Waals surface area contributed by atoms with Crippen molar-refractivity contribution in [1.82, 2.24) is 14.9 Å². The molecule has 0 bridgehead atoms. The molecule has 12 heteroatoms. The van der Waals surface area contributed by atoms with E-state index in [9.17, 15) is 31.1 Å². The third-order valence-electron chi connectivity index (χ3n) is 3.51. The monoisotopic (exact) mass is 400 g/mol.